The number of hydrogen-bond donors (Lipinski definition) is 2. The molecule has 0 aromatic carbocycles. The van der Waals surface area contributed by atoms with E-state index in [-0.39, 0.29) is 23.7 Å². The van der Waals surface area contributed by atoms with Crippen molar-refractivity contribution in [3.8, 4) is 0 Å². The highest BCUT2D eigenvalue weighted by Gasteiger charge is 2.35. The molecule has 0 aromatic rings. The van der Waals surface area contributed by atoms with E-state index in [0.29, 0.717) is 19.5 Å². The second kappa shape index (κ2) is 5.37. The minimum absolute atomic E-state index is 0.163. The molecule has 18 heavy (non-hydrogen) atoms. The zero-order valence-electron chi connectivity index (χ0n) is 11.0. The number of hydrogen-bond acceptors (Lipinski definition) is 3. The van der Waals surface area contributed by atoms with E-state index in [2.05, 4.69) is 5.32 Å². The fourth-order valence-corrected chi connectivity index (χ4v) is 1.94. The summed E-state index contributed by atoms with van der Waals surface area (Å²) in [4.78, 5) is 35.9. The topological polar surface area (TPSA) is 86.7 Å². The Morgan fingerprint density at radius 2 is 2.06 bits per heavy atom. The standard InChI is InChI=1S/C12H20N2O4/c1-12(2,3)7-9(15)14-5-4-13-11(18)8(14)6-10(16)17/h8H,4-7H2,1-3H3,(H,13,18)(H,16,17). The summed E-state index contributed by atoms with van der Waals surface area (Å²) in [7, 11) is 0. The first-order valence-electron chi connectivity index (χ1n) is 6.00. The Balaban J connectivity index is 2.79. The zero-order valence-corrected chi connectivity index (χ0v) is 11.0. The summed E-state index contributed by atoms with van der Waals surface area (Å²) in [5.74, 6) is -1.62. The molecule has 2 N–H and O–H groups in total. The van der Waals surface area contributed by atoms with Gasteiger partial charge >= 0.3 is 5.97 Å². The lowest BCUT2D eigenvalue weighted by Crippen LogP contribution is -2.58. The lowest BCUT2D eigenvalue weighted by Gasteiger charge is -2.35. The molecule has 6 heteroatoms. The monoisotopic (exact) mass is 256 g/mol. The lowest BCUT2D eigenvalue weighted by molar-refractivity contribution is -0.149. The van der Waals surface area contributed by atoms with E-state index in [9.17, 15) is 14.4 Å². The van der Waals surface area contributed by atoms with Crippen molar-refractivity contribution >= 4 is 17.8 Å². The predicted molar refractivity (Wildman–Crippen MR) is 64.8 cm³/mol. The summed E-state index contributed by atoms with van der Waals surface area (Å²) in [5.41, 5.74) is -0.182. The van der Waals surface area contributed by atoms with Crippen molar-refractivity contribution in [1.82, 2.24) is 10.2 Å². The van der Waals surface area contributed by atoms with E-state index in [4.69, 9.17) is 5.11 Å². The van der Waals surface area contributed by atoms with Crippen LogP contribution in [0.3, 0.4) is 0 Å². The van der Waals surface area contributed by atoms with E-state index in [1.807, 2.05) is 20.8 Å². The molecule has 0 bridgehead atoms. The molecule has 0 aliphatic carbocycles. The summed E-state index contributed by atoms with van der Waals surface area (Å²) in [6.07, 6.45) is -0.0435. The molecule has 0 aromatic heterocycles. The molecule has 1 rings (SSSR count). The number of carbonyl (C=O) groups is 3. The molecule has 0 saturated carbocycles. The first-order valence-corrected chi connectivity index (χ1v) is 6.00. The number of nitrogens with zero attached hydrogens (tertiary/aromatic N) is 1. The zero-order chi connectivity index (χ0) is 13.9. The Hall–Kier alpha value is -1.59. The van der Waals surface area contributed by atoms with Crippen LogP contribution in [0.5, 0.6) is 0 Å². The summed E-state index contributed by atoms with van der Waals surface area (Å²) < 4.78 is 0. The van der Waals surface area contributed by atoms with Crippen molar-refractivity contribution in [2.24, 2.45) is 5.41 Å². The van der Waals surface area contributed by atoms with Crippen LogP contribution in [0.1, 0.15) is 33.6 Å². The second-order valence-corrected chi connectivity index (χ2v) is 5.73. The van der Waals surface area contributed by atoms with Crippen LogP contribution in [0.2, 0.25) is 0 Å². The smallest absolute Gasteiger partial charge is 0.305 e. The SMILES string of the molecule is CC(C)(C)CC(=O)N1CCNC(=O)C1CC(=O)O. The van der Waals surface area contributed by atoms with Crippen molar-refractivity contribution in [1.29, 1.82) is 0 Å². The largest absolute Gasteiger partial charge is 0.481 e. The van der Waals surface area contributed by atoms with Gasteiger partial charge in [0.25, 0.3) is 0 Å². The van der Waals surface area contributed by atoms with Gasteiger partial charge in [-0.05, 0) is 5.41 Å². The van der Waals surface area contributed by atoms with Gasteiger partial charge in [0, 0.05) is 19.5 Å². The summed E-state index contributed by atoms with van der Waals surface area (Å²) >= 11 is 0. The summed E-state index contributed by atoms with van der Waals surface area (Å²) in [6, 6.07) is -0.883. The fraction of sp³-hybridized carbons (Fsp3) is 0.750. The van der Waals surface area contributed by atoms with Gasteiger partial charge in [0.2, 0.25) is 11.8 Å². The maximum absolute atomic E-state index is 12.1. The molecule has 6 nitrogen and oxygen atoms in total. The van der Waals surface area contributed by atoms with Gasteiger partial charge in [-0.3, -0.25) is 14.4 Å². The van der Waals surface area contributed by atoms with Gasteiger partial charge in [-0.15, -0.1) is 0 Å². The van der Waals surface area contributed by atoms with Crippen LogP contribution in [0.25, 0.3) is 0 Å². The molecule has 1 unspecified atom stereocenters. The predicted octanol–water partition coefficient (Wildman–Crippen LogP) is 0.224. The first-order chi connectivity index (χ1) is 8.20. The molecular weight excluding hydrogens is 236 g/mol. The average molecular weight is 256 g/mol. The maximum atomic E-state index is 12.1. The van der Waals surface area contributed by atoms with Crippen molar-refractivity contribution in [3.05, 3.63) is 0 Å². The van der Waals surface area contributed by atoms with Crippen LogP contribution >= 0.6 is 0 Å². The third kappa shape index (κ3) is 4.01. The number of carboxylic acid groups (broad SMARTS) is 1. The quantitative estimate of drug-likeness (QED) is 0.756. The number of amides is 2. The van der Waals surface area contributed by atoms with E-state index in [1.54, 1.807) is 0 Å². The van der Waals surface area contributed by atoms with Gasteiger partial charge < -0.3 is 15.3 Å². The maximum Gasteiger partial charge on any atom is 0.305 e. The Morgan fingerprint density at radius 1 is 1.44 bits per heavy atom. The third-order valence-electron chi connectivity index (χ3n) is 2.70. The van der Waals surface area contributed by atoms with E-state index in [1.165, 1.54) is 4.90 Å². The molecule has 0 radical (unpaired) electrons. The normalized spacial score (nSPS) is 20.5. The summed E-state index contributed by atoms with van der Waals surface area (Å²) in [5, 5.41) is 11.4. The lowest BCUT2D eigenvalue weighted by atomic mass is 9.91. The van der Waals surface area contributed by atoms with E-state index in [0.717, 1.165) is 0 Å². The summed E-state index contributed by atoms with van der Waals surface area (Å²) in [6.45, 7) is 6.55. The number of carboxylic acids is 1. The molecule has 1 heterocycles. The van der Waals surface area contributed by atoms with E-state index >= 15 is 0 Å². The number of aliphatic carboxylic acids is 1. The van der Waals surface area contributed by atoms with Crippen LogP contribution in [0, 0.1) is 5.41 Å². The highest BCUT2D eigenvalue weighted by atomic mass is 16.4. The van der Waals surface area contributed by atoms with Crippen molar-refractivity contribution in [2.45, 2.75) is 39.7 Å². The number of carbonyl (C=O) groups excluding carboxylic acids is 2. The van der Waals surface area contributed by atoms with Crippen molar-refractivity contribution in [2.75, 3.05) is 13.1 Å². The molecule has 102 valence electrons. The van der Waals surface area contributed by atoms with Gasteiger partial charge in [0.05, 0.1) is 6.42 Å². The van der Waals surface area contributed by atoms with Crippen molar-refractivity contribution < 1.29 is 19.5 Å². The van der Waals surface area contributed by atoms with Gasteiger partial charge in [0.15, 0.2) is 0 Å². The Bertz CT molecular complexity index is 360. The highest BCUT2D eigenvalue weighted by Crippen LogP contribution is 2.22. The van der Waals surface area contributed by atoms with Gasteiger partial charge in [-0.1, -0.05) is 20.8 Å². The Morgan fingerprint density at radius 3 is 2.56 bits per heavy atom. The average Bonchev–Trinajstić information content (AvgIpc) is 2.17. The van der Waals surface area contributed by atoms with Crippen LogP contribution in [0.15, 0.2) is 0 Å². The second-order valence-electron chi connectivity index (χ2n) is 5.73. The van der Waals surface area contributed by atoms with Crippen LogP contribution in [0.4, 0.5) is 0 Å². The number of nitrogens with one attached hydrogen (secondary N) is 1. The molecule has 1 atom stereocenters. The number of piperazine rings is 1. The highest BCUT2D eigenvalue weighted by molar-refractivity contribution is 5.91. The molecule has 2 amide bonds. The molecule has 0 spiro atoms. The Labute approximate surface area is 106 Å². The Kier molecular flexibility index (Phi) is 4.32. The van der Waals surface area contributed by atoms with E-state index < -0.39 is 12.0 Å². The fourth-order valence-electron chi connectivity index (χ4n) is 1.94. The minimum Gasteiger partial charge on any atom is -0.481 e. The first kappa shape index (κ1) is 14.5. The molecular formula is C12H20N2O4. The van der Waals surface area contributed by atoms with Gasteiger partial charge in [-0.25, -0.2) is 0 Å². The molecule has 1 saturated heterocycles. The van der Waals surface area contributed by atoms with Gasteiger partial charge in [-0.2, -0.15) is 0 Å². The third-order valence-corrected chi connectivity index (χ3v) is 2.70. The van der Waals surface area contributed by atoms with Crippen molar-refractivity contribution in [3.63, 3.8) is 0 Å². The van der Waals surface area contributed by atoms with Crippen LogP contribution in [-0.4, -0.2) is 46.9 Å². The number of rotatable bonds is 3. The molecule has 1 aliphatic heterocycles. The molecule has 1 fully saturated rings. The van der Waals surface area contributed by atoms with Crippen LogP contribution < -0.4 is 5.32 Å². The minimum atomic E-state index is -1.08. The van der Waals surface area contributed by atoms with Crippen LogP contribution in [-0.2, 0) is 14.4 Å². The van der Waals surface area contributed by atoms with Gasteiger partial charge in [0.1, 0.15) is 6.04 Å². The molecule has 1 aliphatic rings.